The quantitative estimate of drug-likeness (QED) is 0.533. The van der Waals surface area contributed by atoms with Crippen LogP contribution in [0.3, 0.4) is 0 Å². The first-order chi connectivity index (χ1) is 9.47. The van der Waals surface area contributed by atoms with Gasteiger partial charge in [-0.1, -0.05) is 69.6 Å². The Balaban J connectivity index is 2.27. The van der Waals surface area contributed by atoms with Crippen molar-refractivity contribution in [1.29, 1.82) is 0 Å². The highest BCUT2D eigenvalue weighted by Crippen LogP contribution is 2.39. The smallest absolute Gasteiger partial charge is 0.000775 e. The van der Waals surface area contributed by atoms with Crippen molar-refractivity contribution in [2.75, 3.05) is 0 Å². The molecule has 0 saturated heterocycles. The van der Waals surface area contributed by atoms with E-state index in [0.717, 1.165) is 6.42 Å². The lowest BCUT2D eigenvalue weighted by Gasteiger charge is -2.30. The van der Waals surface area contributed by atoms with Crippen LogP contribution < -0.4 is 0 Å². The molecule has 0 aromatic rings. The van der Waals surface area contributed by atoms with Crippen LogP contribution in [0.15, 0.2) is 46.1 Å². The number of hydrogen-bond acceptors (Lipinski definition) is 0. The minimum Gasteiger partial charge on any atom is -0.0775 e. The van der Waals surface area contributed by atoms with E-state index in [1.54, 1.807) is 27.9 Å². The third-order valence-corrected chi connectivity index (χ3v) is 5.13. The molecule has 0 fully saturated rings. The molecule has 110 valence electrons. The lowest BCUT2D eigenvalue weighted by atomic mass is 9.75. The summed E-state index contributed by atoms with van der Waals surface area (Å²) in [6, 6.07) is 0. The molecular formula is C20H30. The molecule has 0 heteroatoms. The first kappa shape index (κ1) is 15.4. The van der Waals surface area contributed by atoms with E-state index in [1.165, 1.54) is 12.8 Å². The SMILES string of the molecule is CCC1=CC(C)C(C2=CC(C)C(CC)=C(C)C2)=CC1C. The molecule has 0 amide bonds. The van der Waals surface area contributed by atoms with Gasteiger partial charge in [-0.05, 0) is 55.1 Å². The second-order valence-corrected chi connectivity index (χ2v) is 6.61. The van der Waals surface area contributed by atoms with Crippen molar-refractivity contribution in [2.24, 2.45) is 17.8 Å². The maximum atomic E-state index is 2.52. The highest BCUT2D eigenvalue weighted by Gasteiger charge is 2.24. The number of hydrogen-bond donors (Lipinski definition) is 0. The van der Waals surface area contributed by atoms with Crippen LogP contribution in [0.1, 0.15) is 60.8 Å². The molecule has 2 aliphatic carbocycles. The van der Waals surface area contributed by atoms with Crippen LogP contribution in [0.5, 0.6) is 0 Å². The van der Waals surface area contributed by atoms with Crippen LogP contribution in [-0.2, 0) is 0 Å². The van der Waals surface area contributed by atoms with Gasteiger partial charge in [0.2, 0.25) is 0 Å². The minimum absolute atomic E-state index is 0.579. The molecule has 0 bridgehead atoms. The van der Waals surface area contributed by atoms with E-state index >= 15 is 0 Å². The van der Waals surface area contributed by atoms with E-state index in [1.807, 2.05) is 0 Å². The summed E-state index contributed by atoms with van der Waals surface area (Å²) >= 11 is 0. The summed E-state index contributed by atoms with van der Waals surface area (Å²) in [5.41, 5.74) is 8.01. The largest absolute Gasteiger partial charge is 0.0775 e. The third kappa shape index (κ3) is 2.85. The van der Waals surface area contributed by atoms with E-state index in [4.69, 9.17) is 0 Å². The van der Waals surface area contributed by atoms with Crippen molar-refractivity contribution in [1.82, 2.24) is 0 Å². The van der Waals surface area contributed by atoms with Crippen molar-refractivity contribution in [3.05, 3.63) is 46.1 Å². The lowest BCUT2D eigenvalue weighted by Crippen LogP contribution is -2.15. The van der Waals surface area contributed by atoms with Gasteiger partial charge < -0.3 is 0 Å². The number of allylic oxidation sites excluding steroid dienone is 8. The molecule has 0 saturated carbocycles. The molecule has 0 spiro atoms. The summed E-state index contributed by atoms with van der Waals surface area (Å²) in [6.45, 7) is 13.9. The van der Waals surface area contributed by atoms with Crippen molar-refractivity contribution < 1.29 is 0 Å². The van der Waals surface area contributed by atoms with E-state index in [2.05, 4.69) is 59.8 Å². The second-order valence-electron chi connectivity index (χ2n) is 6.61. The minimum atomic E-state index is 0.579. The van der Waals surface area contributed by atoms with Gasteiger partial charge in [-0.3, -0.25) is 0 Å². The molecule has 3 atom stereocenters. The fourth-order valence-electron chi connectivity index (χ4n) is 4.00. The van der Waals surface area contributed by atoms with Crippen molar-refractivity contribution in [3.63, 3.8) is 0 Å². The fourth-order valence-corrected chi connectivity index (χ4v) is 4.00. The molecule has 0 nitrogen and oxygen atoms in total. The Morgan fingerprint density at radius 2 is 1.60 bits per heavy atom. The molecule has 0 N–H and O–H groups in total. The molecule has 0 aliphatic heterocycles. The Morgan fingerprint density at radius 3 is 2.15 bits per heavy atom. The average molecular weight is 270 g/mol. The van der Waals surface area contributed by atoms with E-state index in [0.29, 0.717) is 17.8 Å². The zero-order chi connectivity index (χ0) is 14.9. The summed E-state index contributed by atoms with van der Waals surface area (Å²) in [4.78, 5) is 0. The fraction of sp³-hybridized carbons (Fsp3) is 0.600. The van der Waals surface area contributed by atoms with Crippen molar-refractivity contribution >= 4 is 0 Å². The first-order valence-electron chi connectivity index (χ1n) is 8.29. The standard InChI is InChI=1S/C20H30/c1-7-17-9-16(6)20(12-13(17)3)18-10-14(4)19(8-2)15(5)11-18/h9-10,12-14,16H,7-8,11H2,1-6H3. The van der Waals surface area contributed by atoms with Gasteiger partial charge in [0.25, 0.3) is 0 Å². The van der Waals surface area contributed by atoms with Crippen molar-refractivity contribution in [3.8, 4) is 0 Å². The van der Waals surface area contributed by atoms with Crippen LogP contribution in [-0.4, -0.2) is 0 Å². The van der Waals surface area contributed by atoms with E-state index < -0.39 is 0 Å². The first-order valence-corrected chi connectivity index (χ1v) is 8.29. The highest BCUT2D eigenvalue weighted by atomic mass is 14.3. The predicted molar refractivity (Wildman–Crippen MR) is 89.6 cm³/mol. The van der Waals surface area contributed by atoms with E-state index in [9.17, 15) is 0 Å². The van der Waals surface area contributed by atoms with Gasteiger partial charge in [0, 0.05) is 0 Å². The molecular weight excluding hydrogens is 240 g/mol. The Labute approximate surface area is 125 Å². The maximum absolute atomic E-state index is 2.52. The van der Waals surface area contributed by atoms with E-state index in [-0.39, 0.29) is 0 Å². The maximum Gasteiger partial charge on any atom is -0.000775 e. The Morgan fingerprint density at radius 1 is 0.900 bits per heavy atom. The summed E-state index contributed by atoms with van der Waals surface area (Å²) in [5.74, 6) is 1.80. The van der Waals surface area contributed by atoms with Gasteiger partial charge in [0.15, 0.2) is 0 Å². The monoisotopic (exact) mass is 270 g/mol. The molecule has 0 aromatic carbocycles. The van der Waals surface area contributed by atoms with Gasteiger partial charge in [-0.2, -0.15) is 0 Å². The van der Waals surface area contributed by atoms with Crippen LogP contribution in [0.4, 0.5) is 0 Å². The van der Waals surface area contributed by atoms with Crippen LogP contribution in [0.25, 0.3) is 0 Å². The van der Waals surface area contributed by atoms with Gasteiger partial charge in [0.1, 0.15) is 0 Å². The Hall–Kier alpha value is -1.04. The van der Waals surface area contributed by atoms with Crippen LogP contribution in [0.2, 0.25) is 0 Å². The van der Waals surface area contributed by atoms with Gasteiger partial charge >= 0.3 is 0 Å². The topological polar surface area (TPSA) is 0 Å². The molecule has 3 unspecified atom stereocenters. The van der Waals surface area contributed by atoms with Gasteiger partial charge in [-0.25, -0.2) is 0 Å². The van der Waals surface area contributed by atoms with Gasteiger partial charge in [0.05, 0.1) is 0 Å². The predicted octanol–water partition coefficient (Wildman–Crippen LogP) is 6.23. The zero-order valence-corrected chi connectivity index (χ0v) is 14.1. The normalized spacial score (nSPS) is 30.9. The molecule has 2 rings (SSSR count). The molecule has 20 heavy (non-hydrogen) atoms. The third-order valence-electron chi connectivity index (χ3n) is 5.13. The Bertz CT molecular complexity index is 496. The van der Waals surface area contributed by atoms with Crippen LogP contribution in [0, 0.1) is 17.8 Å². The zero-order valence-electron chi connectivity index (χ0n) is 14.1. The Kier molecular flexibility index (Phi) is 4.73. The average Bonchev–Trinajstić information content (AvgIpc) is 2.40. The highest BCUT2D eigenvalue weighted by molar-refractivity contribution is 5.46. The molecule has 0 heterocycles. The van der Waals surface area contributed by atoms with Gasteiger partial charge in [-0.15, -0.1) is 0 Å². The lowest BCUT2D eigenvalue weighted by molar-refractivity contribution is 0.692. The number of rotatable bonds is 3. The summed E-state index contributed by atoms with van der Waals surface area (Å²) in [6.07, 6.45) is 11.1. The van der Waals surface area contributed by atoms with Crippen molar-refractivity contribution in [2.45, 2.75) is 60.8 Å². The molecule has 0 radical (unpaired) electrons. The summed E-state index contributed by atoms with van der Waals surface area (Å²) in [7, 11) is 0. The molecule has 0 aromatic heterocycles. The van der Waals surface area contributed by atoms with Crippen LogP contribution >= 0.6 is 0 Å². The summed E-state index contributed by atoms with van der Waals surface area (Å²) in [5, 5.41) is 0. The second kappa shape index (κ2) is 6.16. The summed E-state index contributed by atoms with van der Waals surface area (Å²) < 4.78 is 0. The molecule has 2 aliphatic rings.